The van der Waals surface area contributed by atoms with Gasteiger partial charge in [-0.3, -0.25) is 4.79 Å². The zero-order chi connectivity index (χ0) is 15.2. The number of aromatic nitrogens is 1. The van der Waals surface area contributed by atoms with E-state index in [0.717, 1.165) is 9.50 Å². The Kier molecular flexibility index (Phi) is 5.58. The third-order valence-corrected chi connectivity index (χ3v) is 4.49. The average molecular weight is 370 g/mol. The smallest absolute Gasteiger partial charge is 0.225 e. The van der Waals surface area contributed by atoms with Crippen molar-refractivity contribution in [3.05, 3.63) is 46.8 Å². The number of nitrogen functional groups attached to an aromatic ring is 1. The highest BCUT2D eigenvalue weighted by molar-refractivity contribution is 9.10. The van der Waals surface area contributed by atoms with E-state index in [0.29, 0.717) is 17.9 Å². The monoisotopic (exact) mass is 369 g/mol. The maximum Gasteiger partial charge on any atom is 0.225 e. The fraction of sp³-hybridized carbons (Fsp3) is 0.143. The molecule has 1 heterocycles. The number of hydrogen-bond donors (Lipinski definition) is 2. The first-order valence-corrected chi connectivity index (χ1v) is 7.92. The van der Waals surface area contributed by atoms with Crippen molar-refractivity contribution in [2.24, 2.45) is 0 Å². The second kappa shape index (κ2) is 7.42. The Morgan fingerprint density at radius 3 is 2.95 bits per heavy atom. The number of benzene rings is 1. The van der Waals surface area contributed by atoms with Gasteiger partial charge >= 0.3 is 0 Å². The van der Waals surface area contributed by atoms with Crippen LogP contribution in [0.2, 0.25) is 0 Å². The number of nitrogens with zero attached hydrogens (tertiary/aromatic N) is 1. The van der Waals surface area contributed by atoms with Crippen LogP contribution in [0.25, 0.3) is 0 Å². The zero-order valence-electron chi connectivity index (χ0n) is 11.0. The van der Waals surface area contributed by atoms with Crippen molar-refractivity contribution in [2.75, 3.05) is 16.8 Å². The molecule has 3 N–H and O–H groups in total. The summed E-state index contributed by atoms with van der Waals surface area (Å²) < 4.78 is 13.8. The van der Waals surface area contributed by atoms with Crippen molar-refractivity contribution in [2.45, 2.75) is 11.4 Å². The summed E-state index contributed by atoms with van der Waals surface area (Å²) in [6, 6.07) is 7.61. The lowest BCUT2D eigenvalue weighted by atomic mass is 10.2. The number of amides is 1. The molecule has 0 radical (unpaired) electrons. The first-order chi connectivity index (χ1) is 10.1. The van der Waals surface area contributed by atoms with Gasteiger partial charge in [-0.05, 0) is 46.3 Å². The van der Waals surface area contributed by atoms with Gasteiger partial charge in [0.2, 0.25) is 5.91 Å². The lowest BCUT2D eigenvalue weighted by Crippen LogP contribution is -2.13. The minimum Gasteiger partial charge on any atom is -0.397 e. The molecule has 7 heteroatoms. The molecule has 0 aliphatic heterocycles. The number of thioether (sulfide) groups is 1. The second-order valence-electron chi connectivity index (χ2n) is 4.17. The number of rotatable bonds is 5. The summed E-state index contributed by atoms with van der Waals surface area (Å²) in [7, 11) is 0. The van der Waals surface area contributed by atoms with Crippen LogP contribution in [0.4, 0.5) is 15.8 Å². The summed E-state index contributed by atoms with van der Waals surface area (Å²) in [5, 5.41) is 3.50. The molecule has 0 atom stereocenters. The number of carbonyl (C=O) groups excluding carboxylic acids is 1. The first kappa shape index (κ1) is 15.8. The Morgan fingerprint density at radius 2 is 2.24 bits per heavy atom. The minimum absolute atomic E-state index is 0.173. The van der Waals surface area contributed by atoms with Crippen LogP contribution in [0.15, 0.2) is 46.0 Å². The van der Waals surface area contributed by atoms with E-state index in [-0.39, 0.29) is 11.6 Å². The van der Waals surface area contributed by atoms with Crippen molar-refractivity contribution in [3.8, 4) is 0 Å². The predicted octanol–water partition coefficient (Wildman–Crippen LogP) is 3.69. The Morgan fingerprint density at radius 1 is 1.43 bits per heavy atom. The van der Waals surface area contributed by atoms with E-state index in [2.05, 4.69) is 26.2 Å². The van der Waals surface area contributed by atoms with Crippen LogP contribution in [-0.4, -0.2) is 16.6 Å². The molecule has 0 aliphatic carbocycles. The summed E-state index contributed by atoms with van der Waals surface area (Å²) in [6.45, 7) is 0. The molecular formula is C14H13BrFN3OS. The van der Waals surface area contributed by atoms with Gasteiger partial charge in [-0.1, -0.05) is 0 Å². The molecule has 0 spiro atoms. The molecule has 4 nitrogen and oxygen atoms in total. The second-order valence-corrected chi connectivity index (χ2v) is 6.11. The molecule has 0 saturated carbocycles. The van der Waals surface area contributed by atoms with Crippen LogP contribution < -0.4 is 11.1 Å². The molecular weight excluding hydrogens is 357 g/mol. The van der Waals surface area contributed by atoms with Gasteiger partial charge in [0, 0.05) is 22.8 Å². The fourth-order valence-electron chi connectivity index (χ4n) is 1.58. The highest BCUT2D eigenvalue weighted by atomic mass is 79.9. The van der Waals surface area contributed by atoms with Crippen LogP contribution in [0.3, 0.4) is 0 Å². The molecule has 21 heavy (non-hydrogen) atoms. The van der Waals surface area contributed by atoms with Crippen molar-refractivity contribution in [1.29, 1.82) is 0 Å². The maximum absolute atomic E-state index is 12.9. The van der Waals surface area contributed by atoms with Crippen molar-refractivity contribution in [3.63, 3.8) is 0 Å². The molecule has 2 rings (SSSR count). The Bertz CT molecular complexity index is 654. The van der Waals surface area contributed by atoms with Crippen LogP contribution >= 0.6 is 27.7 Å². The fourth-order valence-corrected chi connectivity index (χ4v) is 3.00. The van der Waals surface area contributed by atoms with Gasteiger partial charge in [-0.15, -0.1) is 11.8 Å². The summed E-state index contributed by atoms with van der Waals surface area (Å²) in [4.78, 5) is 16.0. The molecule has 0 aliphatic rings. The van der Waals surface area contributed by atoms with Gasteiger partial charge in [-0.25, -0.2) is 9.37 Å². The van der Waals surface area contributed by atoms with Crippen LogP contribution in [-0.2, 0) is 4.79 Å². The number of nitrogens with one attached hydrogen (secondary N) is 1. The molecule has 0 bridgehead atoms. The third kappa shape index (κ3) is 4.71. The van der Waals surface area contributed by atoms with Gasteiger partial charge in [0.1, 0.15) is 10.8 Å². The van der Waals surface area contributed by atoms with Crippen LogP contribution in [0, 0.1) is 5.82 Å². The Labute approximate surface area is 134 Å². The highest BCUT2D eigenvalue weighted by Gasteiger charge is 2.07. The molecule has 110 valence electrons. The Hall–Kier alpha value is -1.60. The minimum atomic E-state index is -0.430. The summed E-state index contributed by atoms with van der Waals surface area (Å²) in [5.41, 5.74) is 6.27. The third-order valence-electron chi connectivity index (χ3n) is 2.58. The summed E-state index contributed by atoms with van der Waals surface area (Å²) in [5.74, 6) is -0.0170. The van der Waals surface area contributed by atoms with Gasteiger partial charge in [-0.2, -0.15) is 0 Å². The van der Waals surface area contributed by atoms with E-state index in [9.17, 15) is 9.18 Å². The standard InChI is InChI=1S/C14H13BrFN3OS/c15-10-2-1-6-18-14(10)21-7-5-13(20)19-12-4-3-9(16)8-11(12)17/h1-4,6,8H,5,7,17H2,(H,19,20). The highest BCUT2D eigenvalue weighted by Crippen LogP contribution is 2.25. The topological polar surface area (TPSA) is 68.0 Å². The summed E-state index contributed by atoms with van der Waals surface area (Å²) >= 11 is 4.88. The van der Waals surface area contributed by atoms with E-state index in [1.807, 2.05) is 12.1 Å². The molecule has 0 fully saturated rings. The number of nitrogens with two attached hydrogens (primary N) is 1. The lowest BCUT2D eigenvalue weighted by Gasteiger charge is -2.08. The Balaban J connectivity index is 1.84. The number of hydrogen-bond acceptors (Lipinski definition) is 4. The normalized spacial score (nSPS) is 10.4. The van der Waals surface area contributed by atoms with Crippen molar-refractivity contribution < 1.29 is 9.18 Å². The van der Waals surface area contributed by atoms with Crippen LogP contribution in [0.1, 0.15) is 6.42 Å². The van der Waals surface area contributed by atoms with E-state index in [1.54, 1.807) is 6.20 Å². The largest absolute Gasteiger partial charge is 0.397 e. The van der Waals surface area contributed by atoms with E-state index in [4.69, 9.17) is 5.73 Å². The summed E-state index contributed by atoms with van der Waals surface area (Å²) in [6.07, 6.45) is 2.01. The predicted molar refractivity (Wildman–Crippen MR) is 86.7 cm³/mol. The van der Waals surface area contributed by atoms with Crippen molar-refractivity contribution >= 4 is 45.0 Å². The maximum atomic E-state index is 12.9. The first-order valence-electron chi connectivity index (χ1n) is 6.14. The zero-order valence-corrected chi connectivity index (χ0v) is 13.4. The number of anilines is 2. The quantitative estimate of drug-likeness (QED) is 0.622. The SMILES string of the molecule is Nc1cc(F)ccc1NC(=O)CCSc1ncccc1Br. The van der Waals surface area contributed by atoms with E-state index < -0.39 is 5.82 Å². The number of carbonyl (C=O) groups is 1. The van der Waals surface area contributed by atoms with Gasteiger partial charge in [0.05, 0.1) is 11.4 Å². The molecule has 1 aromatic carbocycles. The molecule has 1 aromatic heterocycles. The van der Waals surface area contributed by atoms with Crippen LogP contribution in [0.5, 0.6) is 0 Å². The van der Waals surface area contributed by atoms with Crippen molar-refractivity contribution in [1.82, 2.24) is 4.98 Å². The number of halogens is 2. The van der Waals surface area contributed by atoms with E-state index in [1.165, 1.54) is 30.0 Å². The van der Waals surface area contributed by atoms with E-state index >= 15 is 0 Å². The van der Waals surface area contributed by atoms with Gasteiger partial charge < -0.3 is 11.1 Å². The van der Waals surface area contributed by atoms with Gasteiger partial charge in [0.15, 0.2) is 0 Å². The molecule has 2 aromatic rings. The molecule has 0 saturated heterocycles. The van der Waals surface area contributed by atoms with Gasteiger partial charge in [0.25, 0.3) is 0 Å². The molecule has 0 unspecified atom stereocenters. The average Bonchev–Trinajstić information content (AvgIpc) is 2.44. The molecule has 1 amide bonds. The lowest BCUT2D eigenvalue weighted by molar-refractivity contribution is -0.115. The number of pyridine rings is 1.